The Balaban J connectivity index is 1.62. The summed E-state index contributed by atoms with van der Waals surface area (Å²) in [5.74, 6) is 1.74. The first-order chi connectivity index (χ1) is 12.7. The lowest BCUT2D eigenvalue weighted by atomic mass is 10.1. The molecule has 3 rings (SSSR count). The maximum Gasteiger partial charge on any atom is 0.319 e. The van der Waals surface area contributed by atoms with Gasteiger partial charge in [-0.2, -0.15) is 0 Å². The summed E-state index contributed by atoms with van der Waals surface area (Å²) < 4.78 is 11.3. The van der Waals surface area contributed by atoms with Crippen molar-refractivity contribution < 1.29 is 13.9 Å². The molecule has 6 nitrogen and oxygen atoms in total. The van der Waals surface area contributed by atoms with Crippen molar-refractivity contribution in [3.63, 3.8) is 0 Å². The summed E-state index contributed by atoms with van der Waals surface area (Å²) in [6.07, 6.45) is 2.01. The van der Waals surface area contributed by atoms with E-state index < -0.39 is 0 Å². The lowest BCUT2D eigenvalue weighted by Crippen LogP contribution is -2.44. The van der Waals surface area contributed by atoms with Crippen LogP contribution in [0.4, 0.5) is 10.5 Å². The third kappa shape index (κ3) is 5.03. The second kappa shape index (κ2) is 9.12. The van der Waals surface area contributed by atoms with Gasteiger partial charge in [-0.1, -0.05) is 6.07 Å². The van der Waals surface area contributed by atoms with Gasteiger partial charge in [0, 0.05) is 30.2 Å². The van der Waals surface area contributed by atoms with Crippen molar-refractivity contribution in [3.05, 3.63) is 47.9 Å². The molecule has 1 aliphatic rings. The number of benzene rings is 1. The van der Waals surface area contributed by atoms with Crippen LogP contribution in [0.15, 0.2) is 45.7 Å². The molecule has 0 radical (unpaired) electrons. The topological polar surface area (TPSA) is 66.7 Å². The van der Waals surface area contributed by atoms with Crippen LogP contribution in [-0.2, 0) is 4.74 Å². The molecule has 0 bridgehead atoms. The normalized spacial score (nSPS) is 16.2. The van der Waals surface area contributed by atoms with Crippen molar-refractivity contribution in [2.45, 2.75) is 17.9 Å². The average molecular weight is 375 g/mol. The summed E-state index contributed by atoms with van der Waals surface area (Å²) >= 11 is 1.64. The number of carbonyl (C=O) groups excluding carboxylic acids is 1. The van der Waals surface area contributed by atoms with Gasteiger partial charge >= 0.3 is 6.03 Å². The van der Waals surface area contributed by atoms with Crippen LogP contribution in [-0.4, -0.2) is 50.0 Å². The second-order valence-electron chi connectivity index (χ2n) is 6.18. The molecular weight excluding hydrogens is 350 g/mol. The number of ether oxygens (including phenoxy) is 1. The van der Waals surface area contributed by atoms with Crippen molar-refractivity contribution in [3.8, 4) is 0 Å². The zero-order chi connectivity index (χ0) is 18.4. The SMILES string of the molecule is CSc1cccc(NC(=O)NCC(c2ccc(C)o2)N2CCOCC2)c1. The van der Waals surface area contributed by atoms with Gasteiger partial charge in [0.15, 0.2) is 0 Å². The third-order valence-electron chi connectivity index (χ3n) is 4.36. The number of morpholine rings is 1. The first kappa shape index (κ1) is 18.8. The molecular formula is C19H25N3O3S. The summed E-state index contributed by atoms with van der Waals surface area (Å²) in [6, 6.07) is 11.5. The molecule has 26 heavy (non-hydrogen) atoms. The Hall–Kier alpha value is -1.96. The van der Waals surface area contributed by atoms with E-state index in [-0.39, 0.29) is 12.1 Å². The highest BCUT2D eigenvalue weighted by Crippen LogP contribution is 2.23. The van der Waals surface area contributed by atoms with Gasteiger partial charge in [0.05, 0.1) is 19.3 Å². The molecule has 7 heteroatoms. The number of nitrogens with zero attached hydrogens (tertiary/aromatic N) is 1. The minimum atomic E-state index is -0.218. The molecule has 1 atom stereocenters. The van der Waals surface area contributed by atoms with Gasteiger partial charge in [-0.15, -0.1) is 11.8 Å². The highest BCUT2D eigenvalue weighted by Gasteiger charge is 2.25. The molecule has 0 saturated carbocycles. The number of hydrogen-bond donors (Lipinski definition) is 2. The Kier molecular flexibility index (Phi) is 6.60. The molecule has 1 aromatic heterocycles. The van der Waals surface area contributed by atoms with E-state index in [1.54, 1.807) is 11.8 Å². The number of rotatable bonds is 6. The van der Waals surface area contributed by atoms with Crippen LogP contribution in [0.3, 0.4) is 0 Å². The maximum atomic E-state index is 12.3. The summed E-state index contributed by atoms with van der Waals surface area (Å²) in [5.41, 5.74) is 0.783. The van der Waals surface area contributed by atoms with Gasteiger partial charge in [0.2, 0.25) is 0 Å². The van der Waals surface area contributed by atoms with Gasteiger partial charge < -0.3 is 19.8 Å². The van der Waals surface area contributed by atoms with Crippen LogP contribution in [0, 0.1) is 6.92 Å². The molecule has 2 heterocycles. The molecule has 0 spiro atoms. The van der Waals surface area contributed by atoms with Crippen LogP contribution in [0.1, 0.15) is 17.6 Å². The van der Waals surface area contributed by atoms with E-state index in [2.05, 4.69) is 15.5 Å². The molecule has 2 amide bonds. The van der Waals surface area contributed by atoms with Gasteiger partial charge in [-0.3, -0.25) is 4.90 Å². The van der Waals surface area contributed by atoms with Gasteiger partial charge in [-0.25, -0.2) is 4.79 Å². The van der Waals surface area contributed by atoms with E-state index in [1.807, 2.05) is 49.6 Å². The smallest absolute Gasteiger partial charge is 0.319 e. The van der Waals surface area contributed by atoms with Crippen LogP contribution in [0.5, 0.6) is 0 Å². The average Bonchev–Trinajstić information content (AvgIpc) is 3.09. The highest BCUT2D eigenvalue weighted by molar-refractivity contribution is 7.98. The van der Waals surface area contributed by atoms with E-state index in [0.717, 1.165) is 35.2 Å². The second-order valence-corrected chi connectivity index (χ2v) is 7.06. The van der Waals surface area contributed by atoms with Crippen molar-refractivity contribution in [1.29, 1.82) is 0 Å². The number of thioether (sulfide) groups is 1. The molecule has 1 aliphatic heterocycles. The number of furan rings is 1. The van der Waals surface area contributed by atoms with Crippen molar-refractivity contribution >= 4 is 23.5 Å². The monoisotopic (exact) mass is 375 g/mol. The fourth-order valence-electron chi connectivity index (χ4n) is 3.00. The Bertz CT molecular complexity index is 728. The van der Waals surface area contributed by atoms with E-state index in [4.69, 9.17) is 9.15 Å². The van der Waals surface area contributed by atoms with Gasteiger partial charge in [-0.05, 0) is 43.5 Å². The molecule has 2 aromatic rings. The predicted molar refractivity (Wildman–Crippen MR) is 104 cm³/mol. The molecule has 1 unspecified atom stereocenters. The zero-order valence-corrected chi connectivity index (χ0v) is 16.0. The predicted octanol–water partition coefficient (Wildman–Crippen LogP) is 3.50. The first-order valence-corrected chi connectivity index (χ1v) is 9.95. The number of aryl methyl sites for hydroxylation is 1. The number of carbonyl (C=O) groups is 1. The van der Waals surface area contributed by atoms with Crippen LogP contribution in [0.25, 0.3) is 0 Å². The molecule has 0 aliphatic carbocycles. The maximum absolute atomic E-state index is 12.3. The number of anilines is 1. The number of urea groups is 1. The van der Waals surface area contributed by atoms with Crippen molar-refractivity contribution in [2.24, 2.45) is 0 Å². The van der Waals surface area contributed by atoms with Crippen LogP contribution in [0.2, 0.25) is 0 Å². The number of nitrogens with one attached hydrogen (secondary N) is 2. The first-order valence-electron chi connectivity index (χ1n) is 8.73. The fraction of sp³-hybridized carbons (Fsp3) is 0.421. The molecule has 1 fully saturated rings. The van der Waals surface area contributed by atoms with E-state index in [0.29, 0.717) is 19.8 Å². The van der Waals surface area contributed by atoms with Crippen LogP contribution >= 0.6 is 11.8 Å². The zero-order valence-electron chi connectivity index (χ0n) is 15.2. The Morgan fingerprint density at radius 1 is 1.27 bits per heavy atom. The molecule has 1 aromatic carbocycles. The van der Waals surface area contributed by atoms with E-state index in [9.17, 15) is 4.79 Å². The summed E-state index contributed by atoms with van der Waals surface area (Å²) in [5, 5.41) is 5.87. The fourth-order valence-corrected chi connectivity index (χ4v) is 3.46. The Morgan fingerprint density at radius 2 is 2.08 bits per heavy atom. The summed E-state index contributed by atoms with van der Waals surface area (Å²) in [6.45, 7) is 5.44. The third-order valence-corrected chi connectivity index (χ3v) is 5.08. The Labute approximate surface area is 158 Å². The Morgan fingerprint density at radius 3 is 2.77 bits per heavy atom. The lowest BCUT2D eigenvalue weighted by Gasteiger charge is -2.33. The molecule has 1 saturated heterocycles. The quantitative estimate of drug-likeness (QED) is 0.757. The van der Waals surface area contributed by atoms with Crippen molar-refractivity contribution in [2.75, 3.05) is 44.4 Å². The highest BCUT2D eigenvalue weighted by atomic mass is 32.2. The number of hydrogen-bond acceptors (Lipinski definition) is 5. The minimum Gasteiger partial charge on any atom is -0.465 e. The lowest BCUT2D eigenvalue weighted by molar-refractivity contribution is 0.0122. The molecule has 2 N–H and O–H groups in total. The van der Waals surface area contributed by atoms with Gasteiger partial charge in [0.1, 0.15) is 11.5 Å². The largest absolute Gasteiger partial charge is 0.465 e. The standard InChI is InChI=1S/C19H25N3O3S/c1-14-6-7-18(25-14)17(22-8-10-24-11-9-22)13-20-19(23)21-15-4-3-5-16(12-15)26-2/h3-7,12,17H,8-11,13H2,1-2H3,(H2,20,21,23). The molecule has 140 valence electrons. The van der Waals surface area contributed by atoms with Gasteiger partial charge in [0.25, 0.3) is 0 Å². The minimum absolute atomic E-state index is 0.00381. The summed E-state index contributed by atoms with van der Waals surface area (Å²) in [4.78, 5) is 15.7. The van der Waals surface area contributed by atoms with E-state index in [1.165, 1.54) is 0 Å². The number of amides is 2. The van der Waals surface area contributed by atoms with Crippen molar-refractivity contribution in [1.82, 2.24) is 10.2 Å². The van der Waals surface area contributed by atoms with Crippen LogP contribution < -0.4 is 10.6 Å². The summed E-state index contributed by atoms with van der Waals surface area (Å²) in [7, 11) is 0. The van der Waals surface area contributed by atoms with E-state index >= 15 is 0 Å².